The highest BCUT2D eigenvalue weighted by Gasteiger charge is 2.44. The van der Waals surface area contributed by atoms with Crippen LogP contribution >= 0.6 is 0 Å². The molecule has 2 N–H and O–H groups in total. The number of phenols is 1. The van der Waals surface area contributed by atoms with Crippen LogP contribution in [0.15, 0.2) is 24.3 Å². The molecule has 0 radical (unpaired) electrons. The van der Waals surface area contributed by atoms with Crippen LogP contribution in [-0.2, 0) is 4.74 Å². The van der Waals surface area contributed by atoms with Gasteiger partial charge in [-0.25, -0.2) is 22.5 Å². The number of fused-ring (bicyclic) bond motifs is 2. The Labute approximate surface area is 291 Å². The van der Waals surface area contributed by atoms with Gasteiger partial charge in [0.2, 0.25) is 12.3 Å². The molecule has 266 valence electrons. The predicted octanol–water partition coefficient (Wildman–Crippen LogP) is 5.40. The summed E-state index contributed by atoms with van der Waals surface area (Å²) in [4.78, 5) is 16.2. The second-order valence-electron chi connectivity index (χ2n) is 13.3. The summed E-state index contributed by atoms with van der Waals surface area (Å²) in [5, 5.41) is 22.1. The summed E-state index contributed by atoms with van der Waals surface area (Å²) in [5.74, 6) is -1.17. The fourth-order valence-electron chi connectivity index (χ4n) is 6.84. The van der Waals surface area contributed by atoms with Crippen molar-refractivity contribution < 1.29 is 46.1 Å². The molecule has 10 nitrogen and oxygen atoms in total. The molecule has 2 aromatic heterocycles. The number of likely N-dealkylation sites (tertiary alicyclic amines) is 1. The van der Waals surface area contributed by atoms with Gasteiger partial charge in [-0.2, -0.15) is 9.97 Å². The Morgan fingerprint density at radius 3 is 2.66 bits per heavy atom. The maximum Gasteiger partial charge on any atom is 0.319 e. The van der Waals surface area contributed by atoms with Crippen molar-refractivity contribution in [3.8, 4) is 41.2 Å². The summed E-state index contributed by atoms with van der Waals surface area (Å²) in [7, 11) is 0. The monoisotopic (exact) mass is 700 g/mol. The molecule has 2 aliphatic heterocycles. The highest BCUT2D eigenvalue weighted by atomic mass is 19.3. The number of pyridine rings is 1. The van der Waals surface area contributed by atoms with Gasteiger partial charge < -0.3 is 34.2 Å². The lowest BCUT2D eigenvalue weighted by Gasteiger charge is -2.44. The summed E-state index contributed by atoms with van der Waals surface area (Å²) >= 11 is 0. The maximum absolute atomic E-state index is 17.2. The molecule has 4 heterocycles. The molecule has 0 unspecified atom stereocenters. The number of phenolic OH excluding ortho intramolecular Hbond substituents is 1. The third-order valence-electron chi connectivity index (χ3n) is 9.19. The largest absolute Gasteiger partial charge is 0.508 e. The van der Waals surface area contributed by atoms with E-state index in [4.69, 9.17) is 24.7 Å². The van der Waals surface area contributed by atoms with Gasteiger partial charge in [-0.05, 0) is 57.4 Å². The molecule has 2 aliphatic rings. The van der Waals surface area contributed by atoms with Gasteiger partial charge in [0.05, 0.1) is 38.5 Å². The minimum atomic E-state index is -2.79. The fraction of sp³-hybridized carbons (Fsp3) is 0.472. The average molecular weight is 701 g/mol. The summed E-state index contributed by atoms with van der Waals surface area (Å²) in [5.41, 5.74) is -3.84. The lowest BCUT2D eigenvalue weighted by atomic mass is 9.73. The van der Waals surface area contributed by atoms with Crippen LogP contribution in [0, 0.1) is 35.3 Å². The number of aromatic hydroxyl groups is 1. The Morgan fingerprint density at radius 1 is 1.14 bits per heavy atom. The number of piperidine rings is 1. The van der Waals surface area contributed by atoms with Crippen LogP contribution in [0.2, 0.25) is 0 Å². The van der Waals surface area contributed by atoms with Crippen LogP contribution < -0.4 is 14.4 Å². The molecular formula is C36H39F4N5O5. The number of hydrogen-bond donors (Lipinski definition) is 2. The lowest BCUT2D eigenvalue weighted by Crippen LogP contribution is -2.51. The van der Waals surface area contributed by atoms with Crippen molar-refractivity contribution in [1.29, 1.82) is 0 Å². The van der Waals surface area contributed by atoms with E-state index in [9.17, 15) is 19.0 Å². The second kappa shape index (κ2) is 13.7. The van der Waals surface area contributed by atoms with Crippen molar-refractivity contribution in [2.24, 2.45) is 11.3 Å². The summed E-state index contributed by atoms with van der Waals surface area (Å²) in [6, 6.07) is 4.59. The Balaban J connectivity index is 1.58. The van der Waals surface area contributed by atoms with Crippen molar-refractivity contribution in [2.45, 2.75) is 39.2 Å². The first kappa shape index (κ1) is 31.5. The smallest absolute Gasteiger partial charge is 0.319 e. The molecule has 2 aromatic carbocycles. The topological polar surface area (TPSA) is 113 Å². The number of ether oxygens (including phenoxy) is 3. The highest BCUT2D eigenvalue weighted by molar-refractivity contribution is 6.04. The second-order valence-corrected chi connectivity index (χ2v) is 13.3. The number of anilines is 1. The Hall–Kier alpha value is -4.45. The minimum Gasteiger partial charge on any atom is -0.508 e. The number of aliphatic hydroxyl groups is 1. The number of β-amino-alcohol motifs (C(OH)–C–C–N with tert-alkyl or cyclic N) is 1. The molecule has 0 aliphatic carbocycles. The van der Waals surface area contributed by atoms with Gasteiger partial charge in [0.25, 0.3) is 0 Å². The number of benzene rings is 2. The quantitative estimate of drug-likeness (QED) is 0.183. The first-order valence-electron chi connectivity index (χ1n) is 17.6. The maximum atomic E-state index is 17.2. The molecule has 3 atom stereocenters. The molecule has 6 rings (SSSR count). The zero-order valence-electron chi connectivity index (χ0n) is 30.8. The van der Waals surface area contributed by atoms with Gasteiger partial charge >= 0.3 is 6.01 Å². The molecule has 14 heteroatoms. The summed E-state index contributed by atoms with van der Waals surface area (Å²) < 4.78 is 102. The third kappa shape index (κ3) is 6.69. The highest BCUT2D eigenvalue weighted by Crippen LogP contribution is 2.43. The van der Waals surface area contributed by atoms with E-state index in [0.29, 0.717) is 5.39 Å². The van der Waals surface area contributed by atoms with Crippen molar-refractivity contribution in [2.75, 3.05) is 64.5 Å². The molecule has 0 saturated carbocycles. The van der Waals surface area contributed by atoms with Gasteiger partial charge in [-0.15, -0.1) is 6.42 Å². The number of halogens is 4. The Kier molecular flexibility index (Phi) is 8.63. The number of rotatable bonds is 8. The standard InChI is InChI=1S/C36H39F4N5O5/c1-6-22-25(37)9-8-20-14-21(46)15-23(26(20)22)29-28(38)30-27(33(41-29)49-7-2)32(45-12-13-48-19-36(4,47)17-45)43-34(42-30)50-18-35(3)16-44(5)11-10-24(35)31(39)40/h1,8-9,14-15,24,31,46-47H,7,10-13,16-19H2,2-5H3/t24-,35+,36+/m1/s1/i5D3. The number of nitrogens with zero attached hydrogens (tertiary/aromatic N) is 5. The predicted molar refractivity (Wildman–Crippen MR) is 180 cm³/mol. The molecule has 2 fully saturated rings. The molecule has 0 amide bonds. The molecule has 50 heavy (non-hydrogen) atoms. The van der Waals surface area contributed by atoms with Gasteiger partial charge in [0.1, 0.15) is 39.6 Å². The SMILES string of the molecule is [2H]C([2H])([2H])N1CC[C@H](C(F)F)[C@](C)(COc2nc(N3CCOC[C@@](C)(O)C3)c3c(OCC)nc(-c4cc(O)cc5ccc(F)c(C#C)c45)c(F)c3n2)C1. The molecule has 4 aromatic rings. The van der Waals surface area contributed by atoms with Gasteiger partial charge in [-0.3, -0.25) is 0 Å². The van der Waals surface area contributed by atoms with E-state index in [1.807, 2.05) is 0 Å². The molecule has 0 bridgehead atoms. The van der Waals surface area contributed by atoms with Crippen LogP contribution in [0.25, 0.3) is 32.9 Å². The van der Waals surface area contributed by atoms with E-state index in [2.05, 4.69) is 20.9 Å². The zero-order valence-corrected chi connectivity index (χ0v) is 27.8. The summed E-state index contributed by atoms with van der Waals surface area (Å²) in [6.45, 7) is 1.70. The third-order valence-corrected chi connectivity index (χ3v) is 9.19. The average Bonchev–Trinajstić information content (AvgIpc) is 3.27. The van der Waals surface area contributed by atoms with Gasteiger partial charge in [-0.1, -0.05) is 18.9 Å². The van der Waals surface area contributed by atoms with Crippen molar-refractivity contribution >= 4 is 27.5 Å². The van der Waals surface area contributed by atoms with Crippen LogP contribution in [-0.4, -0.2) is 102 Å². The van der Waals surface area contributed by atoms with E-state index >= 15 is 8.78 Å². The molecule has 0 spiro atoms. The van der Waals surface area contributed by atoms with E-state index in [1.165, 1.54) is 25.1 Å². The number of hydrogen-bond acceptors (Lipinski definition) is 10. The van der Waals surface area contributed by atoms with E-state index in [1.54, 1.807) is 18.7 Å². The van der Waals surface area contributed by atoms with Crippen molar-refractivity contribution in [3.05, 3.63) is 41.5 Å². The van der Waals surface area contributed by atoms with Crippen molar-refractivity contribution in [3.63, 3.8) is 0 Å². The van der Waals surface area contributed by atoms with Crippen LogP contribution in [0.4, 0.5) is 23.4 Å². The molecule has 2 saturated heterocycles. The van der Waals surface area contributed by atoms with E-state index in [0.717, 1.165) is 11.0 Å². The lowest BCUT2D eigenvalue weighted by molar-refractivity contribution is -0.0679. The zero-order chi connectivity index (χ0) is 38.5. The van der Waals surface area contributed by atoms with Crippen LogP contribution in [0.5, 0.6) is 17.6 Å². The number of aromatic nitrogens is 3. The summed E-state index contributed by atoms with van der Waals surface area (Å²) in [6.07, 6.45) is 2.79. The van der Waals surface area contributed by atoms with Crippen molar-refractivity contribution in [1.82, 2.24) is 19.9 Å². The Bertz CT molecular complexity index is 2080. The Morgan fingerprint density at radius 2 is 1.94 bits per heavy atom. The molecular weight excluding hydrogens is 658 g/mol. The van der Waals surface area contributed by atoms with E-state index in [-0.39, 0.29) is 97.3 Å². The van der Waals surface area contributed by atoms with E-state index < -0.39 is 60.3 Å². The minimum absolute atomic E-state index is 0.0169. The number of alkyl halides is 2. The van der Waals surface area contributed by atoms with Gasteiger partial charge in [0.15, 0.2) is 5.82 Å². The van der Waals surface area contributed by atoms with Gasteiger partial charge in [0, 0.05) is 39.5 Å². The van der Waals surface area contributed by atoms with Crippen LogP contribution in [0.1, 0.15) is 36.9 Å². The fourth-order valence-corrected chi connectivity index (χ4v) is 6.84. The first-order valence-corrected chi connectivity index (χ1v) is 16.1. The van der Waals surface area contributed by atoms with Crippen LogP contribution in [0.3, 0.4) is 0 Å². The first-order chi connectivity index (χ1) is 25.0. The number of terminal acetylenes is 1. The normalized spacial score (nSPS) is 24.4.